The van der Waals surface area contributed by atoms with Gasteiger partial charge in [-0.15, -0.1) is 0 Å². The zero-order valence-corrected chi connectivity index (χ0v) is 25.6. The molecule has 4 aromatic heterocycles. The van der Waals surface area contributed by atoms with Gasteiger partial charge in [-0.1, -0.05) is 109 Å². The number of hydrogen-bond acceptors (Lipinski definition) is 3. The number of rotatable bonds is 4. The molecule has 220 valence electrons. The average Bonchev–Trinajstić information content (AvgIpc) is 3.64. The topological polar surface area (TPSA) is 59.4 Å². The van der Waals surface area contributed by atoms with E-state index in [1.807, 2.05) is 54.7 Å². The van der Waals surface area contributed by atoms with E-state index in [1.54, 1.807) is 0 Å². The number of pyridine rings is 2. The molecule has 0 amide bonds. The Hall–Kier alpha value is -6.51. The monoisotopic (exact) mass is 601 g/mol. The zero-order valence-electron chi connectivity index (χ0n) is 25.6. The summed E-state index contributed by atoms with van der Waals surface area (Å²) < 4.78 is 4.30. The predicted molar refractivity (Wildman–Crippen MR) is 191 cm³/mol. The lowest BCUT2D eigenvalue weighted by atomic mass is 10.0. The van der Waals surface area contributed by atoms with Crippen molar-refractivity contribution in [1.82, 2.24) is 19.1 Å². The molecule has 0 unspecified atom stereocenters. The Morgan fingerprint density at radius 3 is 1.81 bits per heavy atom. The number of aromatic nitrogens is 4. The van der Waals surface area contributed by atoms with E-state index in [2.05, 4.69) is 113 Å². The van der Waals surface area contributed by atoms with Crippen molar-refractivity contribution in [2.24, 2.45) is 0 Å². The summed E-state index contributed by atoms with van der Waals surface area (Å²) in [6.07, 6.45) is 1.94. The Bertz CT molecular complexity index is 2690. The second-order valence-corrected chi connectivity index (χ2v) is 11.8. The van der Waals surface area contributed by atoms with Gasteiger partial charge in [0.05, 0.1) is 16.6 Å². The molecule has 47 heavy (non-hydrogen) atoms. The predicted octanol–water partition coefficient (Wildman–Crippen LogP) is 10.2. The molecular formula is C42H27N5. The van der Waals surface area contributed by atoms with E-state index >= 15 is 0 Å². The molecule has 5 aromatic carbocycles. The lowest BCUT2D eigenvalue weighted by Gasteiger charge is -2.12. The van der Waals surface area contributed by atoms with Crippen LogP contribution >= 0.6 is 0 Å². The van der Waals surface area contributed by atoms with E-state index in [9.17, 15) is 5.26 Å². The molecule has 0 bridgehead atoms. The minimum Gasteiger partial charge on any atom is -0.294 e. The van der Waals surface area contributed by atoms with Gasteiger partial charge >= 0.3 is 0 Å². The van der Waals surface area contributed by atoms with E-state index in [0.29, 0.717) is 11.2 Å². The molecule has 0 N–H and O–H groups in total. The summed E-state index contributed by atoms with van der Waals surface area (Å²) >= 11 is 0. The summed E-state index contributed by atoms with van der Waals surface area (Å²) in [7, 11) is 0. The quantitative estimate of drug-likeness (QED) is 0.202. The van der Waals surface area contributed by atoms with Gasteiger partial charge in [0.2, 0.25) is 0 Å². The van der Waals surface area contributed by atoms with Crippen LogP contribution in [-0.2, 0) is 0 Å². The number of nitriles is 1. The van der Waals surface area contributed by atoms with Crippen LogP contribution in [0.15, 0.2) is 146 Å². The van der Waals surface area contributed by atoms with Gasteiger partial charge in [0.1, 0.15) is 17.5 Å². The highest BCUT2D eigenvalue weighted by atomic mass is 15.1. The van der Waals surface area contributed by atoms with Crippen molar-refractivity contribution in [3.05, 3.63) is 157 Å². The van der Waals surface area contributed by atoms with Gasteiger partial charge in [-0.05, 0) is 59.5 Å². The molecule has 5 nitrogen and oxygen atoms in total. The summed E-state index contributed by atoms with van der Waals surface area (Å²) in [5.74, 6) is 0.762. The smallest absolute Gasteiger partial charge is 0.150 e. The van der Waals surface area contributed by atoms with E-state index in [4.69, 9.17) is 9.97 Å². The van der Waals surface area contributed by atoms with Crippen molar-refractivity contribution in [2.75, 3.05) is 0 Å². The highest BCUT2D eigenvalue weighted by molar-refractivity contribution is 6.20. The average molecular weight is 602 g/mol. The van der Waals surface area contributed by atoms with E-state index in [-0.39, 0.29) is 0 Å². The zero-order chi connectivity index (χ0) is 31.5. The lowest BCUT2D eigenvalue weighted by Crippen LogP contribution is -2.02. The van der Waals surface area contributed by atoms with Gasteiger partial charge in [-0.2, -0.15) is 5.26 Å². The van der Waals surface area contributed by atoms with Crippen molar-refractivity contribution in [2.45, 2.75) is 6.92 Å². The molecule has 5 heteroatoms. The maximum Gasteiger partial charge on any atom is 0.150 e. The largest absolute Gasteiger partial charge is 0.294 e. The van der Waals surface area contributed by atoms with Gasteiger partial charge in [-0.3, -0.25) is 9.13 Å². The first kappa shape index (κ1) is 26.9. The van der Waals surface area contributed by atoms with E-state index < -0.39 is 0 Å². The van der Waals surface area contributed by atoms with Gasteiger partial charge in [0.15, 0.2) is 5.65 Å². The number of para-hydroxylation sites is 2. The highest BCUT2D eigenvalue weighted by Gasteiger charge is 2.25. The van der Waals surface area contributed by atoms with Crippen LogP contribution in [-0.4, -0.2) is 19.1 Å². The maximum absolute atomic E-state index is 10.9. The maximum atomic E-state index is 10.9. The number of benzene rings is 5. The summed E-state index contributed by atoms with van der Waals surface area (Å²) in [5, 5.41) is 14.6. The first-order valence-electron chi connectivity index (χ1n) is 15.7. The molecule has 0 saturated heterocycles. The molecule has 4 heterocycles. The van der Waals surface area contributed by atoms with Crippen LogP contribution in [0.1, 0.15) is 11.1 Å². The van der Waals surface area contributed by atoms with Gasteiger partial charge in [-0.25, -0.2) is 9.97 Å². The lowest BCUT2D eigenvalue weighted by molar-refractivity contribution is 1.05. The first-order valence-corrected chi connectivity index (χ1v) is 15.7. The number of hydrogen-bond donors (Lipinski definition) is 0. The number of nitrogens with zero attached hydrogens (tertiary/aromatic N) is 5. The Morgan fingerprint density at radius 1 is 0.574 bits per heavy atom. The molecule has 0 saturated carbocycles. The van der Waals surface area contributed by atoms with Crippen LogP contribution in [0.4, 0.5) is 0 Å². The molecule has 0 atom stereocenters. The number of aryl methyl sites for hydroxylation is 1. The van der Waals surface area contributed by atoms with Crippen LogP contribution in [0.25, 0.3) is 77.6 Å². The first-order chi connectivity index (χ1) is 23.2. The minimum absolute atomic E-state index is 0.617. The fourth-order valence-corrected chi connectivity index (χ4v) is 7.03. The molecule has 0 aliphatic carbocycles. The van der Waals surface area contributed by atoms with Crippen molar-refractivity contribution in [3.8, 4) is 39.8 Å². The number of fused-ring (bicyclic) bond motifs is 6. The second kappa shape index (κ2) is 10.5. The molecule has 9 aromatic rings. The van der Waals surface area contributed by atoms with Crippen molar-refractivity contribution in [1.29, 1.82) is 5.26 Å². The van der Waals surface area contributed by atoms with Gasteiger partial charge < -0.3 is 0 Å². The molecule has 0 aliphatic heterocycles. The van der Waals surface area contributed by atoms with Gasteiger partial charge in [0, 0.05) is 39.0 Å². The fraction of sp³-hybridized carbons (Fsp3) is 0.0238. The van der Waals surface area contributed by atoms with Crippen LogP contribution in [0.3, 0.4) is 0 Å². The second-order valence-electron chi connectivity index (χ2n) is 11.8. The third kappa shape index (κ3) is 4.09. The van der Waals surface area contributed by atoms with Crippen molar-refractivity contribution in [3.63, 3.8) is 0 Å². The third-order valence-corrected chi connectivity index (χ3v) is 9.14. The van der Waals surface area contributed by atoms with Crippen LogP contribution < -0.4 is 0 Å². The van der Waals surface area contributed by atoms with E-state index in [1.165, 1.54) is 0 Å². The summed E-state index contributed by atoms with van der Waals surface area (Å²) in [5.41, 5.74) is 10.6. The molecule has 0 spiro atoms. The normalized spacial score (nSPS) is 11.5. The fourth-order valence-electron chi connectivity index (χ4n) is 7.03. The Kier molecular flexibility index (Phi) is 6.02. The van der Waals surface area contributed by atoms with E-state index in [0.717, 1.165) is 77.5 Å². The highest BCUT2D eigenvalue weighted by Crippen LogP contribution is 2.41. The summed E-state index contributed by atoms with van der Waals surface area (Å²) in [4.78, 5) is 10.5. The molecule has 0 fully saturated rings. The Labute approximate surface area is 271 Å². The van der Waals surface area contributed by atoms with Crippen LogP contribution in [0.2, 0.25) is 0 Å². The third-order valence-electron chi connectivity index (χ3n) is 9.14. The van der Waals surface area contributed by atoms with Crippen LogP contribution in [0, 0.1) is 18.3 Å². The Balaban J connectivity index is 1.38. The summed E-state index contributed by atoms with van der Waals surface area (Å²) in [6, 6.07) is 50.4. The molecule has 9 rings (SSSR count). The van der Waals surface area contributed by atoms with Crippen LogP contribution in [0.5, 0.6) is 0 Å². The molecular weight excluding hydrogens is 574 g/mol. The molecule has 0 aliphatic rings. The minimum atomic E-state index is 0.617. The Morgan fingerprint density at radius 2 is 1.15 bits per heavy atom. The molecule has 0 radical (unpaired) electrons. The van der Waals surface area contributed by atoms with Crippen molar-refractivity contribution >= 4 is 43.9 Å². The standard InChI is InChI=1S/C42H27N5/c1-27-23-38(44-26-35(27)29-15-6-3-7-16-29)47-37-22-11-9-20-33(37)40-34(25-43)39-32-19-8-10-21-36(32)46(41(39)45-42(40)47)31-18-12-17-30(24-31)28-13-4-2-5-14-28/h2-24,26H,1H3. The summed E-state index contributed by atoms with van der Waals surface area (Å²) in [6.45, 7) is 2.12. The van der Waals surface area contributed by atoms with Gasteiger partial charge in [0.25, 0.3) is 0 Å². The SMILES string of the molecule is Cc1cc(-n2c3ccccc3c3c(C#N)c4c5ccccc5n(-c5cccc(-c6ccccc6)c5)c4nc32)ncc1-c1ccccc1. The van der Waals surface area contributed by atoms with Crippen molar-refractivity contribution < 1.29 is 0 Å².